The zero-order valence-corrected chi connectivity index (χ0v) is 8.49. The van der Waals surface area contributed by atoms with E-state index in [0.29, 0.717) is 6.42 Å². The number of alkyl halides is 1. The number of hydrogen-bond acceptors (Lipinski definition) is 1. The molecule has 0 bridgehead atoms. The molecule has 0 aliphatic carbocycles. The number of unbranched alkanes of at least 4 members (excludes halogenated alkanes) is 1. The van der Waals surface area contributed by atoms with Gasteiger partial charge < -0.3 is 0 Å². The second-order valence-corrected chi connectivity index (χ2v) is 3.37. The summed E-state index contributed by atoms with van der Waals surface area (Å²) < 4.78 is 12.4. The molecule has 0 aliphatic rings. The molecule has 1 aromatic heterocycles. The fourth-order valence-electron chi connectivity index (χ4n) is 1.20. The molecule has 0 amide bonds. The van der Waals surface area contributed by atoms with E-state index in [1.165, 1.54) is 0 Å². The Morgan fingerprint density at radius 2 is 2.36 bits per heavy atom. The van der Waals surface area contributed by atoms with Gasteiger partial charge in [0.15, 0.2) is 0 Å². The SMILES string of the molecule is CC(F)CCCC=Cc1ccccn1. The summed E-state index contributed by atoms with van der Waals surface area (Å²) in [7, 11) is 0. The number of hydrogen-bond donors (Lipinski definition) is 0. The summed E-state index contributed by atoms with van der Waals surface area (Å²) in [5, 5.41) is 0. The van der Waals surface area contributed by atoms with Crippen LogP contribution in [0.25, 0.3) is 6.08 Å². The van der Waals surface area contributed by atoms with Gasteiger partial charge in [-0.2, -0.15) is 0 Å². The fraction of sp³-hybridized carbons (Fsp3) is 0.417. The van der Waals surface area contributed by atoms with Crippen LogP contribution in [0.15, 0.2) is 30.5 Å². The number of pyridine rings is 1. The van der Waals surface area contributed by atoms with Gasteiger partial charge in [0.05, 0.1) is 11.9 Å². The zero-order valence-electron chi connectivity index (χ0n) is 8.49. The third-order valence-corrected chi connectivity index (χ3v) is 1.95. The molecule has 0 N–H and O–H groups in total. The maximum atomic E-state index is 12.4. The predicted octanol–water partition coefficient (Wildman–Crippen LogP) is 3.62. The molecule has 0 aromatic carbocycles. The van der Waals surface area contributed by atoms with Crippen molar-refractivity contribution >= 4 is 6.08 Å². The van der Waals surface area contributed by atoms with Crippen molar-refractivity contribution in [3.63, 3.8) is 0 Å². The minimum atomic E-state index is -0.682. The summed E-state index contributed by atoms with van der Waals surface area (Å²) in [5.41, 5.74) is 0.959. The van der Waals surface area contributed by atoms with E-state index in [1.807, 2.05) is 30.4 Å². The van der Waals surface area contributed by atoms with Crippen molar-refractivity contribution in [1.82, 2.24) is 4.98 Å². The highest BCUT2D eigenvalue weighted by molar-refractivity contribution is 5.43. The zero-order chi connectivity index (χ0) is 10.2. The van der Waals surface area contributed by atoms with Crippen molar-refractivity contribution in [1.29, 1.82) is 0 Å². The molecule has 14 heavy (non-hydrogen) atoms. The number of rotatable bonds is 5. The van der Waals surface area contributed by atoms with Crippen molar-refractivity contribution in [2.45, 2.75) is 32.4 Å². The Hall–Kier alpha value is -1.18. The van der Waals surface area contributed by atoms with Crippen molar-refractivity contribution in [2.75, 3.05) is 0 Å². The quantitative estimate of drug-likeness (QED) is 0.651. The van der Waals surface area contributed by atoms with Crippen LogP contribution in [0.5, 0.6) is 0 Å². The second kappa shape index (κ2) is 6.30. The first-order valence-corrected chi connectivity index (χ1v) is 5.00. The lowest BCUT2D eigenvalue weighted by Crippen LogP contribution is -1.90. The molecule has 0 spiro atoms. The lowest BCUT2D eigenvalue weighted by Gasteiger charge is -1.97. The Labute approximate surface area is 84.7 Å². The molecule has 0 saturated carbocycles. The van der Waals surface area contributed by atoms with Crippen molar-refractivity contribution in [3.8, 4) is 0 Å². The highest BCUT2D eigenvalue weighted by Crippen LogP contribution is 2.05. The average Bonchev–Trinajstić information content (AvgIpc) is 2.18. The molecule has 1 aromatic rings. The van der Waals surface area contributed by atoms with E-state index in [2.05, 4.69) is 4.98 Å². The summed E-state index contributed by atoms with van der Waals surface area (Å²) in [4.78, 5) is 4.15. The van der Waals surface area contributed by atoms with Gasteiger partial charge in [-0.1, -0.05) is 12.1 Å². The van der Waals surface area contributed by atoms with Gasteiger partial charge in [-0.15, -0.1) is 0 Å². The average molecular weight is 193 g/mol. The van der Waals surface area contributed by atoms with Gasteiger partial charge in [0.2, 0.25) is 0 Å². The largest absolute Gasteiger partial charge is 0.257 e. The topological polar surface area (TPSA) is 12.9 Å². The fourth-order valence-corrected chi connectivity index (χ4v) is 1.20. The lowest BCUT2D eigenvalue weighted by molar-refractivity contribution is 0.335. The Morgan fingerprint density at radius 1 is 1.50 bits per heavy atom. The van der Waals surface area contributed by atoms with Crippen LogP contribution >= 0.6 is 0 Å². The Morgan fingerprint density at radius 3 is 3.00 bits per heavy atom. The highest BCUT2D eigenvalue weighted by atomic mass is 19.1. The molecule has 1 atom stereocenters. The Balaban J connectivity index is 2.21. The first-order chi connectivity index (χ1) is 6.79. The first kappa shape index (κ1) is 10.9. The van der Waals surface area contributed by atoms with Crippen LogP contribution in [-0.2, 0) is 0 Å². The minimum Gasteiger partial charge on any atom is -0.257 e. The van der Waals surface area contributed by atoms with Crippen LogP contribution in [0.2, 0.25) is 0 Å². The van der Waals surface area contributed by atoms with Crippen LogP contribution in [0.3, 0.4) is 0 Å². The summed E-state index contributed by atoms with van der Waals surface area (Å²) in [5.74, 6) is 0. The lowest BCUT2D eigenvalue weighted by atomic mass is 10.2. The van der Waals surface area contributed by atoms with Crippen molar-refractivity contribution < 1.29 is 4.39 Å². The van der Waals surface area contributed by atoms with E-state index < -0.39 is 6.17 Å². The molecule has 1 heterocycles. The molecule has 1 nitrogen and oxygen atoms in total. The Bertz CT molecular complexity index is 267. The van der Waals surface area contributed by atoms with Gasteiger partial charge in [0.25, 0.3) is 0 Å². The molecule has 1 unspecified atom stereocenters. The molecule has 0 aliphatic heterocycles. The van der Waals surface area contributed by atoms with Crippen LogP contribution in [-0.4, -0.2) is 11.2 Å². The van der Waals surface area contributed by atoms with E-state index >= 15 is 0 Å². The summed E-state index contributed by atoms with van der Waals surface area (Å²) in [6.07, 6.45) is 7.58. The van der Waals surface area contributed by atoms with E-state index in [-0.39, 0.29) is 0 Å². The van der Waals surface area contributed by atoms with Gasteiger partial charge in [-0.25, -0.2) is 4.39 Å². The van der Waals surface area contributed by atoms with Crippen molar-refractivity contribution in [3.05, 3.63) is 36.2 Å². The number of allylic oxidation sites excluding steroid dienone is 1. The predicted molar refractivity (Wildman–Crippen MR) is 57.7 cm³/mol. The molecule has 0 radical (unpaired) electrons. The minimum absolute atomic E-state index is 0.645. The molecule has 2 heteroatoms. The number of halogens is 1. The van der Waals surface area contributed by atoms with Gasteiger partial charge in [-0.05, 0) is 44.4 Å². The highest BCUT2D eigenvalue weighted by Gasteiger charge is 1.94. The first-order valence-electron chi connectivity index (χ1n) is 5.00. The van der Waals surface area contributed by atoms with Gasteiger partial charge in [0, 0.05) is 6.20 Å². The monoisotopic (exact) mass is 193 g/mol. The van der Waals surface area contributed by atoms with Crippen LogP contribution in [0, 0.1) is 0 Å². The second-order valence-electron chi connectivity index (χ2n) is 3.37. The van der Waals surface area contributed by atoms with E-state index in [4.69, 9.17) is 0 Å². The summed E-state index contributed by atoms with van der Waals surface area (Å²) in [6, 6.07) is 5.80. The molecule has 0 saturated heterocycles. The van der Waals surface area contributed by atoms with Gasteiger partial charge >= 0.3 is 0 Å². The smallest absolute Gasteiger partial charge is 0.0973 e. The van der Waals surface area contributed by atoms with Crippen LogP contribution in [0.4, 0.5) is 4.39 Å². The van der Waals surface area contributed by atoms with E-state index in [1.54, 1.807) is 13.1 Å². The standard InChI is InChI=1S/C12H16FN/c1-11(13)7-3-2-4-8-12-9-5-6-10-14-12/h4-6,8-11H,2-3,7H2,1H3. The molecular weight excluding hydrogens is 177 g/mol. The number of aromatic nitrogens is 1. The molecule has 76 valence electrons. The van der Waals surface area contributed by atoms with E-state index in [0.717, 1.165) is 18.5 Å². The maximum Gasteiger partial charge on any atom is 0.0973 e. The van der Waals surface area contributed by atoms with Crippen LogP contribution < -0.4 is 0 Å². The normalized spacial score (nSPS) is 13.3. The third kappa shape index (κ3) is 4.75. The Kier molecular flexibility index (Phi) is 4.90. The van der Waals surface area contributed by atoms with E-state index in [9.17, 15) is 4.39 Å². The summed E-state index contributed by atoms with van der Waals surface area (Å²) in [6.45, 7) is 1.60. The maximum absolute atomic E-state index is 12.4. The molecular formula is C12H16FN. The van der Waals surface area contributed by atoms with Gasteiger partial charge in [-0.3, -0.25) is 4.98 Å². The molecule has 1 rings (SSSR count). The third-order valence-electron chi connectivity index (χ3n) is 1.95. The number of nitrogens with zero attached hydrogens (tertiary/aromatic N) is 1. The van der Waals surface area contributed by atoms with Crippen molar-refractivity contribution in [2.24, 2.45) is 0 Å². The molecule has 0 fully saturated rings. The summed E-state index contributed by atoms with van der Waals surface area (Å²) >= 11 is 0. The van der Waals surface area contributed by atoms with Crippen LogP contribution in [0.1, 0.15) is 31.9 Å². The van der Waals surface area contributed by atoms with Gasteiger partial charge in [0.1, 0.15) is 0 Å².